The lowest BCUT2D eigenvalue weighted by Gasteiger charge is -2.25. The molecule has 0 fully saturated rings. The third kappa shape index (κ3) is 10.7. The number of hydrogen-bond donors (Lipinski definition) is 6. The van der Waals surface area contributed by atoms with Gasteiger partial charge in [-0.2, -0.15) is 11.8 Å². The minimum atomic E-state index is -1.20. The number of hydrogen-bond acceptors (Lipinski definition) is 7. The lowest BCUT2D eigenvalue weighted by atomic mass is 10.0. The Hall–Kier alpha value is -2.34. The minimum Gasteiger partial charge on any atom is -0.481 e. The highest BCUT2D eigenvalue weighted by molar-refractivity contribution is 7.98. The number of amides is 3. The zero-order chi connectivity index (χ0) is 22.6. The summed E-state index contributed by atoms with van der Waals surface area (Å²) in [4.78, 5) is 58.8. The molecule has 166 valence electrons. The fourth-order valence-electron chi connectivity index (χ4n) is 2.33. The van der Waals surface area contributed by atoms with Crippen LogP contribution < -0.4 is 21.7 Å². The van der Waals surface area contributed by atoms with Gasteiger partial charge in [-0.15, -0.1) is 0 Å². The van der Waals surface area contributed by atoms with Crippen LogP contribution in [0.5, 0.6) is 0 Å². The molecule has 11 nitrogen and oxygen atoms in total. The molecule has 0 saturated carbocycles. The lowest BCUT2D eigenvalue weighted by molar-refractivity contribution is -0.143. The Morgan fingerprint density at radius 2 is 1.48 bits per heavy atom. The van der Waals surface area contributed by atoms with E-state index in [0.717, 1.165) is 0 Å². The molecule has 7 N–H and O–H groups in total. The van der Waals surface area contributed by atoms with Crippen molar-refractivity contribution in [3.63, 3.8) is 0 Å². The Kier molecular flexibility index (Phi) is 12.7. The molecule has 3 atom stereocenters. The molecule has 0 rings (SSSR count). The summed E-state index contributed by atoms with van der Waals surface area (Å²) in [6.45, 7) is 2.89. The standard InChI is InChI=1S/C17H30N4O7S/c1-9(2)14(17(27)28)21-16(26)11(6-7-29-3)20-15(25)10(4-5-13(23)24)19-12(22)8-18/h9-11,14H,4-8,18H2,1-3H3,(H,19,22)(H,20,25)(H,21,26)(H,23,24)(H,27,28). The maximum absolute atomic E-state index is 12.6. The molecule has 0 radical (unpaired) electrons. The predicted octanol–water partition coefficient (Wildman–Crippen LogP) is -1.24. The predicted molar refractivity (Wildman–Crippen MR) is 107 cm³/mol. The molecule has 12 heteroatoms. The number of nitrogens with two attached hydrogens (primary N) is 1. The summed E-state index contributed by atoms with van der Waals surface area (Å²) >= 11 is 1.43. The summed E-state index contributed by atoms with van der Waals surface area (Å²) in [5, 5.41) is 25.3. The summed E-state index contributed by atoms with van der Waals surface area (Å²) in [5.41, 5.74) is 5.22. The molecule has 3 unspecified atom stereocenters. The zero-order valence-corrected chi connectivity index (χ0v) is 17.6. The van der Waals surface area contributed by atoms with Gasteiger partial charge in [0.2, 0.25) is 17.7 Å². The highest BCUT2D eigenvalue weighted by atomic mass is 32.2. The molecule has 0 aromatic rings. The van der Waals surface area contributed by atoms with Crippen LogP contribution in [0, 0.1) is 5.92 Å². The first-order valence-corrected chi connectivity index (χ1v) is 10.5. The number of nitrogens with one attached hydrogen (secondary N) is 3. The smallest absolute Gasteiger partial charge is 0.326 e. The van der Waals surface area contributed by atoms with E-state index in [9.17, 15) is 29.1 Å². The highest BCUT2D eigenvalue weighted by Gasteiger charge is 2.30. The van der Waals surface area contributed by atoms with Crippen LogP contribution in [-0.2, 0) is 24.0 Å². The van der Waals surface area contributed by atoms with Crippen molar-refractivity contribution in [2.24, 2.45) is 11.7 Å². The van der Waals surface area contributed by atoms with Crippen LogP contribution in [0.15, 0.2) is 0 Å². The average Bonchev–Trinajstić information content (AvgIpc) is 2.64. The van der Waals surface area contributed by atoms with E-state index in [4.69, 9.17) is 10.8 Å². The van der Waals surface area contributed by atoms with Crippen LogP contribution in [0.3, 0.4) is 0 Å². The van der Waals surface area contributed by atoms with Gasteiger partial charge in [0.05, 0.1) is 6.54 Å². The molecule has 0 aromatic carbocycles. The third-order valence-corrected chi connectivity index (χ3v) is 4.60. The largest absolute Gasteiger partial charge is 0.481 e. The molecule has 0 aliphatic heterocycles. The van der Waals surface area contributed by atoms with Crippen molar-refractivity contribution in [1.29, 1.82) is 0 Å². The number of aliphatic carboxylic acids is 2. The molecule has 0 saturated heterocycles. The first-order valence-electron chi connectivity index (χ1n) is 9.07. The zero-order valence-electron chi connectivity index (χ0n) is 16.8. The number of carbonyl (C=O) groups excluding carboxylic acids is 3. The first-order chi connectivity index (χ1) is 13.5. The maximum Gasteiger partial charge on any atom is 0.326 e. The monoisotopic (exact) mass is 434 g/mol. The molecule has 0 aromatic heterocycles. The van der Waals surface area contributed by atoms with Gasteiger partial charge >= 0.3 is 11.9 Å². The SMILES string of the molecule is CSCCC(NC(=O)C(CCC(=O)O)NC(=O)CN)C(=O)NC(C(=O)O)C(C)C. The van der Waals surface area contributed by atoms with Crippen LogP contribution in [-0.4, -0.2) is 76.6 Å². The number of carboxylic acids is 2. The maximum atomic E-state index is 12.6. The second-order valence-corrected chi connectivity index (χ2v) is 7.65. The number of carboxylic acid groups (broad SMARTS) is 2. The molecule has 0 bridgehead atoms. The molecule has 3 amide bonds. The summed E-state index contributed by atoms with van der Waals surface area (Å²) in [6, 6.07) is -3.36. The third-order valence-electron chi connectivity index (χ3n) is 3.96. The van der Waals surface area contributed by atoms with Crippen LogP contribution in [0.25, 0.3) is 0 Å². The summed E-state index contributed by atoms with van der Waals surface area (Å²) in [6.07, 6.45) is 1.47. The average molecular weight is 435 g/mol. The fourth-order valence-corrected chi connectivity index (χ4v) is 2.81. The van der Waals surface area contributed by atoms with Gasteiger partial charge in [-0.3, -0.25) is 19.2 Å². The molecule has 0 spiro atoms. The Bertz CT molecular complexity index is 600. The molecule has 0 aliphatic rings. The van der Waals surface area contributed by atoms with Crippen LogP contribution >= 0.6 is 11.8 Å². The second-order valence-electron chi connectivity index (χ2n) is 6.67. The van der Waals surface area contributed by atoms with Crippen molar-refractivity contribution < 1.29 is 34.2 Å². The molecular formula is C17H30N4O7S. The van der Waals surface area contributed by atoms with Gasteiger partial charge in [-0.05, 0) is 30.8 Å². The van der Waals surface area contributed by atoms with E-state index in [-0.39, 0.29) is 31.7 Å². The van der Waals surface area contributed by atoms with Gasteiger partial charge in [0.15, 0.2) is 0 Å². The number of rotatable bonds is 14. The number of thioether (sulfide) groups is 1. The second kappa shape index (κ2) is 13.8. The summed E-state index contributed by atoms with van der Waals surface area (Å²) < 4.78 is 0. The fraction of sp³-hybridized carbons (Fsp3) is 0.706. The quantitative estimate of drug-likeness (QED) is 0.194. The van der Waals surface area contributed by atoms with Gasteiger partial charge in [0, 0.05) is 6.42 Å². The van der Waals surface area contributed by atoms with Crippen LogP contribution in [0.1, 0.15) is 33.1 Å². The Labute approximate surface area is 173 Å². The highest BCUT2D eigenvalue weighted by Crippen LogP contribution is 2.07. The van der Waals surface area contributed by atoms with E-state index in [1.807, 2.05) is 6.26 Å². The van der Waals surface area contributed by atoms with Crippen LogP contribution in [0.2, 0.25) is 0 Å². The topological polar surface area (TPSA) is 188 Å². The summed E-state index contributed by atoms with van der Waals surface area (Å²) in [5.74, 6) is -4.28. The van der Waals surface area contributed by atoms with Gasteiger partial charge in [-0.1, -0.05) is 13.8 Å². The van der Waals surface area contributed by atoms with E-state index in [1.165, 1.54) is 11.8 Å². The van der Waals surface area contributed by atoms with Gasteiger partial charge in [0.25, 0.3) is 0 Å². The normalized spacial score (nSPS) is 13.8. The van der Waals surface area contributed by atoms with E-state index < -0.39 is 47.8 Å². The van der Waals surface area contributed by atoms with Crippen molar-refractivity contribution in [2.45, 2.75) is 51.2 Å². The Morgan fingerprint density at radius 3 is 1.93 bits per heavy atom. The van der Waals surface area contributed by atoms with Gasteiger partial charge < -0.3 is 31.9 Å². The van der Waals surface area contributed by atoms with Crippen molar-refractivity contribution in [3.05, 3.63) is 0 Å². The Morgan fingerprint density at radius 1 is 0.931 bits per heavy atom. The van der Waals surface area contributed by atoms with Crippen LogP contribution in [0.4, 0.5) is 0 Å². The minimum absolute atomic E-state index is 0.187. The van der Waals surface area contributed by atoms with Gasteiger partial charge in [-0.25, -0.2) is 4.79 Å². The molecular weight excluding hydrogens is 404 g/mol. The van der Waals surface area contributed by atoms with Crippen molar-refractivity contribution in [1.82, 2.24) is 16.0 Å². The summed E-state index contributed by atoms with van der Waals surface area (Å²) in [7, 11) is 0. The van der Waals surface area contributed by atoms with E-state index >= 15 is 0 Å². The van der Waals surface area contributed by atoms with E-state index in [2.05, 4.69) is 16.0 Å². The van der Waals surface area contributed by atoms with Crippen molar-refractivity contribution in [3.8, 4) is 0 Å². The van der Waals surface area contributed by atoms with Crippen molar-refractivity contribution in [2.75, 3.05) is 18.6 Å². The first kappa shape index (κ1) is 26.7. The van der Waals surface area contributed by atoms with E-state index in [0.29, 0.717) is 5.75 Å². The molecule has 0 heterocycles. The number of carbonyl (C=O) groups is 5. The van der Waals surface area contributed by atoms with Crippen molar-refractivity contribution >= 4 is 41.4 Å². The van der Waals surface area contributed by atoms with Gasteiger partial charge in [0.1, 0.15) is 18.1 Å². The molecule has 29 heavy (non-hydrogen) atoms. The Balaban J connectivity index is 5.32. The molecule has 0 aliphatic carbocycles. The lowest BCUT2D eigenvalue weighted by Crippen LogP contribution is -2.57. The van der Waals surface area contributed by atoms with E-state index in [1.54, 1.807) is 13.8 Å².